The molecule has 0 heterocycles. The van der Waals surface area contributed by atoms with Crippen LogP contribution in [0.4, 0.5) is 61.5 Å². The van der Waals surface area contributed by atoms with Gasteiger partial charge in [0, 0.05) is 0 Å². The van der Waals surface area contributed by atoms with Crippen LogP contribution in [-0.2, 0) is 28.6 Å². The third-order valence-corrected chi connectivity index (χ3v) is 5.95. The van der Waals surface area contributed by atoms with Gasteiger partial charge in [0.25, 0.3) is 0 Å². The third-order valence-electron chi connectivity index (χ3n) is 3.12. The average molecular weight is 554 g/mol. The smallest absolute Gasteiger partial charge is 0.265 e. The molecule has 0 aliphatic carbocycles. The molecule has 194 valence electrons. The standard InChI is InChI=1S/C10H8F14O6S2/c1-4(30-32(27,28)10(23,24)6(13,14)8(18,19)20)2-3-29-31(25,26)9(21,22)5(11,12)7(15,16)17/h4H,2-3H2,1H3. The maximum atomic E-state index is 13.1. The summed E-state index contributed by atoms with van der Waals surface area (Å²) >= 11 is 0. The normalized spacial score (nSPS) is 16.8. The predicted molar refractivity (Wildman–Crippen MR) is 70.9 cm³/mol. The van der Waals surface area contributed by atoms with Gasteiger partial charge in [-0.05, 0) is 13.3 Å². The molecule has 0 aliphatic heterocycles. The second-order valence-electron chi connectivity index (χ2n) is 5.60. The summed E-state index contributed by atoms with van der Waals surface area (Å²) in [6, 6.07) is 0. The summed E-state index contributed by atoms with van der Waals surface area (Å²) in [6.07, 6.45) is -18.4. The molecule has 1 atom stereocenters. The van der Waals surface area contributed by atoms with Gasteiger partial charge in [-0.1, -0.05) is 0 Å². The fraction of sp³-hybridized carbons (Fsp3) is 1.00. The second-order valence-corrected chi connectivity index (χ2v) is 8.87. The Hall–Kier alpha value is -1.16. The van der Waals surface area contributed by atoms with E-state index < -0.39 is 74.1 Å². The molecule has 0 rings (SSSR count). The Morgan fingerprint density at radius 1 is 0.625 bits per heavy atom. The van der Waals surface area contributed by atoms with Crippen molar-refractivity contribution in [3.63, 3.8) is 0 Å². The van der Waals surface area contributed by atoms with Gasteiger partial charge in [0.1, 0.15) is 0 Å². The van der Waals surface area contributed by atoms with Crippen LogP contribution in [0.15, 0.2) is 0 Å². The minimum atomic E-state index is -7.20. The highest BCUT2D eigenvalue weighted by atomic mass is 32.2. The van der Waals surface area contributed by atoms with Gasteiger partial charge in [-0.15, -0.1) is 0 Å². The molecule has 0 saturated carbocycles. The minimum absolute atomic E-state index is 0.248. The van der Waals surface area contributed by atoms with Crippen LogP contribution in [0.1, 0.15) is 13.3 Å². The number of alkyl halides is 14. The highest BCUT2D eigenvalue weighted by molar-refractivity contribution is 7.88. The van der Waals surface area contributed by atoms with Crippen LogP contribution in [0.3, 0.4) is 0 Å². The van der Waals surface area contributed by atoms with Gasteiger partial charge in [0.05, 0.1) is 12.7 Å². The van der Waals surface area contributed by atoms with Crippen LogP contribution in [0.25, 0.3) is 0 Å². The molecule has 0 bridgehead atoms. The Balaban J connectivity index is 5.41. The van der Waals surface area contributed by atoms with Gasteiger partial charge in [0.15, 0.2) is 0 Å². The molecule has 0 aromatic rings. The van der Waals surface area contributed by atoms with Crippen molar-refractivity contribution in [3.05, 3.63) is 0 Å². The van der Waals surface area contributed by atoms with E-state index in [-0.39, 0.29) is 6.92 Å². The van der Waals surface area contributed by atoms with E-state index in [1.807, 2.05) is 0 Å². The maximum absolute atomic E-state index is 13.1. The number of rotatable bonds is 10. The number of halogens is 14. The molecule has 0 aromatic carbocycles. The molecule has 0 aliphatic rings. The molecule has 0 amide bonds. The van der Waals surface area contributed by atoms with E-state index in [4.69, 9.17) is 0 Å². The Morgan fingerprint density at radius 3 is 1.25 bits per heavy atom. The lowest BCUT2D eigenvalue weighted by Crippen LogP contribution is -2.56. The van der Waals surface area contributed by atoms with E-state index >= 15 is 0 Å². The Kier molecular flexibility index (Phi) is 8.25. The lowest BCUT2D eigenvalue weighted by molar-refractivity contribution is -0.333. The lowest BCUT2D eigenvalue weighted by atomic mass is 10.3. The van der Waals surface area contributed by atoms with Gasteiger partial charge in [-0.25, -0.2) is 0 Å². The molecule has 0 aromatic heterocycles. The van der Waals surface area contributed by atoms with Crippen LogP contribution in [-0.4, -0.2) is 64.3 Å². The topological polar surface area (TPSA) is 86.7 Å². The van der Waals surface area contributed by atoms with Crippen LogP contribution >= 0.6 is 0 Å². The maximum Gasteiger partial charge on any atom is 0.461 e. The molecule has 0 radical (unpaired) electrons. The highest BCUT2D eigenvalue weighted by Gasteiger charge is 2.80. The SMILES string of the molecule is CC(CCOS(=O)(=O)C(F)(F)C(F)(F)C(F)(F)F)OS(=O)(=O)C(F)(F)C(F)(F)C(F)(F)F. The van der Waals surface area contributed by atoms with Crippen molar-refractivity contribution in [2.45, 2.75) is 54.2 Å². The largest absolute Gasteiger partial charge is 0.461 e. The Bertz CT molecular complexity index is 873. The molecule has 0 N–H and O–H groups in total. The van der Waals surface area contributed by atoms with E-state index in [9.17, 15) is 78.3 Å². The summed E-state index contributed by atoms with van der Waals surface area (Å²) in [5.41, 5.74) is 0. The quantitative estimate of drug-likeness (QED) is 0.300. The first-order chi connectivity index (χ1) is 13.6. The summed E-state index contributed by atoms with van der Waals surface area (Å²) < 4.78 is 225. The van der Waals surface area contributed by atoms with E-state index in [1.165, 1.54) is 0 Å². The summed E-state index contributed by atoms with van der Waals surface area (Å²) in [4.78, 5) is 0. The first-order valence-electron chi connectivity index (χ1n) is 7.06. The minimum Gasteiger partial charge on any atom is -0.265 e. The predicted octanol–water partition coefficient (Wildman–Crippen LogP) is 4.04. The highest BCUT2D eigenvalue weighted by Crippen LogP contribution is 2.50. The Labute approximate surface area is 168 Å². The fourth-order valence-corrected chi connectivity index (χ4v) is 3.34. The van der Waals surface area contributed by atoms with Crippen molar-refractivity contribution < 1.29 is 86.7 Å². The van der Waals surface area contributed by atoms with Gasteiger partial charge < -0.3 is 0 Å². The molecular formula is C10H8F14O6S2. The molecule has 1 unspecified atom stereocenters. The number of hydrogen-bond acceptors (Lipinski definition) is 6. The van der Waals surface area contributed by atoms with Crippen LogP contribution in [0.5, 0.6) is 0 Å². The zero-order valence-corrected chi connectivity index (χ0v) is 16.2. The molecular weight excluding hydrogens is 546 g/mol. The van der Waals surface area contributed by atoms with Crippen LogP contribution in [0, 0.1) is 0 Å². The van der Waals surface area contributed by atoms with E-state index in [2.05, 4.69) is 8.37 Å². The van der Waals surface area contributed by atoms with Crippen molar-refractivity contribution in [2.24, 2.45) is 0 Å². The van der Waals surface area contributed by atoms with E-state index in [0.29, 0.717) is 0 Å². The first-order valence-corrected chi connectivity index (χ1v) is 9.88. The van der Waals surface area contributed by atoms with Gasteiger partial charge in [0.2, 0.25) is 0 Å². The Morgan fingerprint density at radius 2 is 0.938 bits per heavy atom. The summed E-state index contributed by atoms with van der Waals surface area (Å²) in [6.45, 7) is -1.73. The van der Waals surface area contributed by atoms with Gasteiger partial charge in [-0.2, -0.15) is 78.3 Å². The van der Waals surface area contributed by atoms with Crippen molar-refractivity contribution in [1.29, 1.82) is 0 Å². The van der Waals surface area contributed by atoms with Gasteiger partial charge >= 0.3 is 54.9 Å². The van der Waals surface area contributed by atoms with Gasteiger partial charge in [-0.3, -0.25) is 8.37 Å². The first kappa shape index (κ1) is 30.8. The molecule has 32 heavy (non-hydrogen) atoms. The molecule has 22 heteroatoms. The molecule has 0 saturated heterocycles. The fourth-order valence-electron chi connectivity index (χ4n) is 1.37. The van der Waals surface area contributed by atoms with E-state index in [1.54, 1.807) is 0 Å². The summed E-state index contributed by atoms with van der Waals surface area (Å²) in [5, 5.41) is -13.9. The van der Waals surface area contributed by atoms with Crippen molar-refractivity contribution >= 4 is 20.2 Å². The van der Waals surface area contributed by atoms with E-state index in [0.717, 1.165) is 0 Å². The van der Waals surface area contributed by atoms with Crippen LogP contribution in [0.2, 0.25) is 0 Å². The number of hydrogen-bond donors (Lipinski definition) is 0. The zero-order valence-electron chi connectivity index (χ0n) is 14.5. The summed E-state index contributed by atoms with van der Waals surface area (Å²) in [5.74, 6) is -14.4. The van der Waals surface area contributed by atoms with Crippen molar-refractivity contribution in [2.75, 3.05) is 6.61 Å². The average Bonchev–Trinajstić information content (AvgIpc) is 2.51. The summed E-state index contributed by atoms with van der Waals surface area (Å²) in [7, 11) is -14.3. The van der Waals surface area contributed by atoms with Crippen molar-refractivity contribution in [1.82, 2.24) is 0 Å². The molecule has 6 nitrogen and oxygen atoms in total. The lowest BCUT2D eigenvalue weighted by Gasteiger charge is -2.28. The zero-order chi connectivity index (χ0) is 26.4. The van der Waals surface area contributed by atoms with Crippen LogP contribution < -0.4 is 0 Å². The molecule has 0 fully saturated rings. The second kappa shape index (κ2) is 8.56. The monoisotopic (exact) mass is 554 g/mol. The molecule has 0 spiro atoms. The van der Waals surface area contributed by atoms with Crippen molar-refractivity contribution in [3.8, 4) is 0 Å². The third kappa shape index (κ3) is 5.32.